The molecule has 0 bridgehead atoms. The zero-order valence-corrected chi connectivity index (χ0v) is 17.6. The van der Waals surface area contributed by atoms with Crippen molar-refractivity contribution in [3.8, 4) is 17.2 Å². The van der Waals surface area contributed by atoms with E-state index in [0.717, 1.165) is 48.1 Å². The first-order chi connectivity index (χ1) is 14.7. The lowest BCUT2D eigenvalue weighted by Gasteiger charge is -2.23. The lowest BCUT2D eigenvalue weighted by atomic mass is 9.87. The number of hydrogen-bond donors (Lipinski definition) is 0. The van der Waals surface area contributed by atoms with Gasteiger partial charge in [0.2, 0.25) is 0 Å². The van der Waals surface area contributed by atoms with Crippen molar-refractivity contribution in [3.63, 3.8) is 0 Å². The van der Waals surface area contributed by atoms with Crippen LogP contribution in [-0.4, -0.2) is 18.1 Å². The van der Waals surface area contributed by atoms with Crippen molar-refractivity contribution in [1.82, 2.24) is 4.98 Å². The number of benzene rings is 2. The molecule has 0 radical (unpaired) electrons. The van der Waals surface area contributed by atoms with Gasteiger partial charge in [-0.25, -0.2) is 4.98 Å². The molecule has 0 aliphatic heterocycles. The topological polar surface area (TPSA) is 63.0 Å². The maximum absolute atomic E-state index is 12.6. The van der Waals surface area contributed by atoms with Gasteiger partial charge in [-0.1, -0.05) is 72.4 Å². The highest BCUT2D eigenvalue weighted by Crippen LogP contribution is 2.42. The maximum atomic E-state index is 12.6. The van der Waals surface area contributed by atoms with Crippen LogP contribution >= 0.6 is 11.8 Å². The van der Waals surface area contributed by atoms with Crippen LogP contribution in [0.5, 0.6) is 0 Å². The van der Waals surface area contributed by atoms with Crippen LogP contribution in [0.1, 0.15) is 40.5 Å². The van der Waals surface area contributed by atoms with E-state index in [0.29, 0.717) is 10.6 Å². The van der Waals surface area contributed by atoms with Gasteiger partial charge in [0, 0.05) is 11.3 Å². The number of ether oxygens (including phenoxy) is 1. The van der Waals surface area contributed by atoms with Crippen molar-refractivity contribution in [2.24, 2.45) is 0 Å². The number of rotatable bonds is 5. The molecule has 4 nitrogen and oxygen atoms in total. The van der Waals surface area contributed by atoms with E-state index < -0.39 is 5.25 Å². The molecule has 0 saturated heterocycles. The Kier molecular flexibility index (Phi) is 6.15. The average Bonchev–Trinajstić information content (AvgIpc) is 2.82. The second-order valence-electron chi connectivity index (χ2n) is 7.21. The molecule has 3 aromatic rings. The number of carbonyl (C=O) groups is 1. The fraction of sp³-hybridized carbons (Fsp3) is 0.240. The van der Waals surface area contributed by atoms with Gasteiger partial charge in [0.05, 0.1) is 12.7 Å². The van der Waals surface area contributed by atoms with Gasteiger partial charge in [0.15, 0.2) is 0 Å². The molecule has 1 aliphatic carbocycles. The third-order valence-corrected chi connectivity index (χ3v) is 6.58. The minimum absolute atomic E-state index is 0.351. The highest BCUT2D eigenvalue weighted by atomic mass is 32.2. The fourth-order valence-electron chi connectivity index (χ4n) is 3.93. The molecule has 1 aliphatic rings. The Morgan fingerprint density at radius 1 is 1.07 bits per heavy atom. The van der Waals surface area contributed by atoms with Crippen molar-refractivity contribution in [2.75, 3.05) is 7.11 Å². The van der Waals surface area contributed by atoms with Crippen LogP contribution in [0.3, 0.4) is 0 Å². The molecule has 5 heteroatoms. The molecule has 1 unspecified atom stereocenters. The predicted molar refractivity (Wildman–Crippen MR) is 118 cm³/mol. The molecule has 0 N–H and O–H groups in total. The second-order valence-corrected chi connectivity index (χ2v) is 8.30. The van der Waals surface area contributed by atoms with Crippen molar-refractivity contribution < 1.29 is 9.53 Å². The molecule has 1 atom stereocenters. The van der Waals surface area contributed by atoms with Crippen molar-refractivity contribution in [1.29, 1.82) is 5.26 Å². The summed E-state index contributed by atoms with van der Waals surface area (Å²) in [6.07, 6.45) is 4.00. The molecule has 4 rings (SSSR count). The summed E-state index contributed by atoms with van der Waals surface area (Å²) in [6, 6.07) is 21.9. The summed E-state index contributed by atoms with van der Waals surface area (Å²) in [4.78, 5) is 17.5. The number of aryl methyl sites for hydroxylation is 1. The Balaban J connectivity index is 1.87. The number of carbonyl (C=O) groups excluding carboxylic acids is 1. The van der Waals surface area contributed by atoms with Gasteiger partial charge in [-0.2, -0.15) is 5.26 Å². The van der Waals surface area contributed by atoms with Gasteiger partial charge in [-0.15, -0.1) is 0 Å². The van der Waals surface area contributed by atoms with Crippen LogP contribution in [0.2, 0.25) is 0 Å². The molecule has 1 heterocycles. The van der Waals surface area contributed by atoms with Crippen LogP contribution in [0.15, 0.2) is 65.7 Å². The molecule has 2 aromatic carbocycles. The third kappa shape index (κ3) is 3.96. The molecule has 0 spiro atoms. The fourth-order valence-corrected chi connectivity index (χ4v) is 5.07. The van der Waals surface area contributed by atoms with E-state index in [4.69, 9.17) is 9.72 Å². The Morgan fingerprint density at radius 3 is 2.40 bits per heavy atom. The van der Waals surface area contributed by atoms with E-state index in [9.17, 15) is 10.1 Å². The highest BCUT2D eigenvalue weighted by Gasteiger charge is 2.28. The quantitative estimate of drug-likeness (QED) is 0.407. The van der Waals surface area contributed by atoms with Crippen LogP contribution in [0, 0.1) is 11.3 Å². The third-order valence-electron chi connectivity index (χ3n) is 5.36. The van der Waals surface area contributed by atoms with E-state index in [1.54, 1.807) is 0 Å². The summed E-state index contributed by atoms with van der Waals surface area (Å²) < 4.78 is 5.07. The van der Waals surface area contributed by atoms with Crippen LogP contribution < -0.4 is 0 Å². The predicted octanol–water partition coefficient (Wildman–Crippen LogP) is 5.51. The summed E-state index contributed by atoms with van der Waals surface area (Å²) in [7, 11) is 1.39. The van der Waals surface area contributed by atoms with Crippen molar-refractivity contribution in [2.45, 2.75) is 36.0 Å². The first-order valence-corrected chi connectivity index (χ1v) is 10.9. The SMILES string of the molecule is COC(=O)C(Sc1nc2c(c(-c3ccccc3)c1C#N)CCCC2)c1ccccc1. The number of esters is 1. The van der Waals surface area contributed by atoms with Crippen LogP contribution in [-0.2, 0) is 22.4 Å². The number of hydrogen-bond acceptors (Lipinski definition) is 5. The summed E-state index contributed by atoms with van der Waals surface area (Å²) in [5.41, 5.74) is 5.56. The second kappa shape index (κ2) is 9.15. The number of methoxy groups -OCH3 is 1. The smallest absolute Gasteiger partial charge is 0.323 e. The minimum Gasteiger partial charge on any atom is -0.468 e. The van der Waals surface area contributed by atoms with E-state index in [2.05, 4.69) is 6.07 Å². The lowest BCUT2D eigenvalue weighted by molar-refractivity contribution is -0.140. The Bertz CT molecular complexity index is 1090. The van der Waals surface area contributed by atoms with E-state index >= 15 is 0 Å². The molecular formula is C25H22N2O2S. The first kappa shape index (κ1) is 20.2. The van der Waals surface area contributed by atoms with E-state index in [1.807, 2.05) is 60.7 Å². The van der Waals surface area contributed by atoms with Crippen molar-refractivity contribution in [3.05, 3.63) is 83.0 Å². The molecule has 1 aromatic heterocycles. The van der Waals surface area contributed by atoms with E-state index in [1.165, 1.54) is 24.4 Å². The van der Waals surface area contributed by atoms with Crippen LogP contribution in [0.25, 0.3) is 11.1 Å². The van der Waals surface area contributed by atoms with Gasteiger partial charge in [0.25, 0.3) is 0 Å². The number of pyridine rings is 1. The molecule has 0 fully saturated rings. The molecule has 0 amide bonds. The molecule has 0 saturated carbocycles. The zero-order chi connectivity index (χ0) is 20.9. The molecular weight excluding hydrogens is 392 g/mol. The van der Waals surface area contributed by atoms with E-state index in [-0.39, 0.29) is 5.97 Å². The number of nitriles is 1. The normalized spacial score (nSPS) is 13.7. The summed E-state index contributed by atoms with van der Waals surface area (Å²) in [5, 5.41) is 10.1. The minimum atomic E-state index is -0.582. The number of thioether (sulfide) groups is 1. The first-order valence-electron chi connectivity index (χ1n) is 10.0. The monoisotopic (exact) mass is 414 g/mol. The summed E-state index contributed by atoms with van der Waals surface area (Å²) in [6.45, 7) is 0. The number of fused-ring (bicyclic) bond motifs is 1. The molecule has 30 heavy (non-hydrogen) atoms. The number of nitrogens with zero attached hydrogens (tertiary/aromatic N) is 2. The van der Waals surface area contributed by atoms with Gasteiger partial charge in [-0.05, 0) is 42.4 Å². The van der Waals surface area contributed by atoms with Crippen molar-refractivity contribution >= 4 is 17.7 Å². The molecule has 150 valence electrons. The maximum Gasteiger partial charge on any atom is 0.323 e. The average molecular weight is 415 g/mol. The Hall–Kier alpha value is -3.10. The van der Waals surface area contributed by atoms with Gasteiger partial charge < -0.3 is 4.74 Å². The Labute approximate surface area is 180 Å². The van der Waals surface area contributed by atoms with Gasteiger partial charge in [-0.3, -0.25) is 4.79 Å². The standard InChI is InChI=1S/C25H22N2O2S/c1-29-25(28)23(18-12-6-3-7-13-18)30-24-20(16-26)22(17-10-4-2-5-11-17)19-14-8-9-15-21(19)27-24/h2-7,10-13,23H,8-9,14-15H2,1H3. The number of aromatic nitrogens is 1. The van der Waals surface area contributed by atoms with Gasteiger partial charge >= 0.3 is 5.97 Å². The van der Waals surface area contributed by atoms with Gasteiger partial charge in [0.1, 0.15) is 16.3 Å². The lowest BCUT2D eigenvalue weighted by Crippen LogP contribution is -2.14. The zero-order valence-electron chi connectivity index (χ0n) is 16.8. The highest BCUT2D eigenvalue weighted by molar-refractivity contribution is 8.00. The largest absolute Gasteiger partial charge is 0.468 e. The summed E-state index contributed by atoms with van der Waals surface area (Å²) >= 11 is 1.30. The van der Waals surface area contributed by atoms with Crippen LogP contribution in [0.4, 0.5) is 0 Å². The Morgan fingerprint density at radius 2 is 1.73 bits per heavy atom. The summed E-state index contributed by atoms with van der Waals surface area (Å²) in [5.74, 6) is -0.351.